The van der Waals surface area contributed by atoms with Crippen LogP contribution in [0.25, 0.3) is 22.3 Å². The van der Waals surface area contributed by atoms with Gasteiger partial charge in [0.25, 0.3) is 0 Å². The molecule has 36 heavy (non-hydrogen) atoms. The maximum atomic E-state index is 15.0. The molecule has 1 saturated heterocycles. The van der Waals surface area contributed by atoms with Gasteiger partial charge in [-0.1, -0.05) is 81.6 Å². The van der Waals surface area contributed by atoms with Crippen LogP contribution in [0, 0.1) is 17.5 Å². The number of unbranched alkanes of at least 4 members (excludes halogenated alkanes) is 3. The molecular weight excluding hydrogens is 461 g/mol. The molecule has 1 fully saturated rings. The Morgan fingerprint density at radius 1 is 0.722 bits per heavy atom. The van der Waals surface area contributed by atoms with Crippen LogP contribution in [0.5, 0.6) is 0 Å². The smallest absolute Gasteiger partial charge is 0.166 e. The minimum atomic E-state index is -0.823. The Kier molecular flexibility index (Phi) is 9.22. The molecule has 3 aromatic rings. The summed E-state index contributed by atoms with van der Waals surface area (Å²) < 4.78 is 55.9. The number of hydrogen-bond acceptors (Lipinski definition) is 2. The van der Waals surface area contributed by atoms with Crippen LogP contribution in [0.2, 0.25) is 0 Å². The first-order valence-electron chi connectivity index (χ1n) is 13.1. The molecule has 0 atom stereocenters. The number of rotatable bonds is 10. The van der Waals surface area contributed by atoms with E-state index in [2.05, 4.69) is 6.92 Å². The number of aryl methyl sites for hydroxylation is 1. The fraction of sp³-hybridized carbons (Fsp3) is 0.419. The van der Waals surface area contributed by atoms with Gasteiger partial charge in [-0.15, -0.1) is 0 Å². The molecule has 5 heteroatoms. The minimum absolute atomic E-state index is 0.137. The number of halogens is 3. The summed E-state index contributed by atoms with van der Waals surface area (Å²) in [6, 6.07) is 15.6. The van der Waals surface area contributed by atoms with Gasteiger partial charge in [0.05, 0.1) is 13.2 Å². The Bertz CT molecular complexity index is 1140. The molecule has 1 aliphatic rings. The molecule has 0 saturated carbocycles. The van der Waals surface area contributed by atoms with Crippen LogP contribution in [-0.2, 0) is 15.9 Å². The molecule has 0 amide bonds. The molecular formula is C31H35F3O2. The Hall–Kier alpha value is -2.63. The summed E-state index contributed by atoms with van der Waals surface area (Å²) in [4.78, 5) is 0. The fourth-order valence-electron chi connectivity index (χ4n) is 4.70. The summed E-state index contributed by atoms with van der Waals surface area (Å²) in [5.41, 5.74) is 3.33. The third-order valence-corrected chi connectivity index (χ3v) is 6.94. The van der Waals surface area contributed by atoms with Gasteiger partial charge in [-0.05, 0) is 59.6 Å². The lowest BCUT2D eigenvalue weighted by molar-refractivity contribution is -0.190. The Morgan fingerprint density at radius 3 is 2.06 bits per heavy atom. The van der Waals surface area contributed by atoms with Crippen LogP contribution >= 0.6 is 0 Å². The highest BCUT2D eigenvalue weighted by Crippen LogP contribution is 2.32. The highest BCUT2D eigenvalue weighted by molar-refractivity contribution is 5.71. The zero-order chi connectivity index (χ0) is 25.5. The van der Waals surface area contributed by atoms with E-state index in [1.165, 1.54) is 6.07 Å². The summed E-state index contributed by atoms with van der Waals surface area (Å²) in [6.07, 6.45) is 6.32. The Labute approximate surface area is 212 Å². The SMILES string of the molecule is CCCCCC1OCC(c2ccc(-c3ccc(-c4ccc(CCCC)c(F)c4F)cc3)cc2F)CO1. The van der Waals surface area contributed by atoms with Crippen LogP contribution in [0.15, 0.2) is 54.6 Å². The molecule has 0 radical (unpaired) electrons. The molecule has 1 heterocycles. The first kappa shape index (κ1) is 26.4. The first-order valence-corrected chi connectivity index (χ1v) is 13.1. The minimum Gasteiger partial charge on any atom is -0.352 e. The second kappa shape index (κ2) is 12.6. The molecule has 3 aromatic carbocycles. The van der Waals surface area contributed by atoms with Gasteiger partial charge >= 0.3 is 0 Å². The zero-order valence-electron chi connectivity index (χ0n) is 21.2. The van der Waals surface area contributed by atoms with Gasteiger partial charge in [0.1, 0.15) is 5.82 Å². The third-order valence-electron chi connectivity index (χ3n) is 6.94. The first-order chi connectivity index (χ1) is 17.5. The van der Waals surface area contributed by atoms with Crippen molar-refractivity contribution in [3.63, 3.8) is 0 Å². The summed E-state index contributed by atoms with van der Waals surface area (Å²) in [5.74, 6) is -2.03. The van der Waals surface area contributed by atoms with Gasteiger partial charge in [-0.3, -0.25) is 0 Å². The van der Waals surface area contributed by atoms with E-state index in [9.17, 15) is 8.78 Å². The predicted octanol–water partition coefficient (Wildman–Crippen LogP) is 8.82. The molecule has 0 N–H and O–H groups in total. The van der Waals surface area contributed by atoms with Crippen molar-refractivity contribution >= 4 is 0 Å². The van der Waals surface area contributed by atoms with Crippen LogP contribution < -0.4 is 0 Å². The normalized spacial score (nSPS) is 17.9. The highest BCUT2D eigenvalue weighted by atomic mass is 19.2. The molecule has 0 aromatic heterocycles. The van der Waals surface area contributed by atoms with E-state index in [0.717, 1.165) is 49.7 Å². The predicted molar refractivity (Wildman–Crippen MR) is 138 cm³/mol. The van der Waals surface area contributed by atoms with Gasteiger partial charge in [-0.25, -0.2) is 13.2 Å². The van der Waals surface area contributed by atoms with Crippen molar-refractivity contribution in [2.45, 2.75) is 71.0 Å². The van der Waals surface area contributed by atoms with Crippen molar-refractivity contribution in [2.75, 3.05) is 13.2 Å². The zero-order valence-corrected chi connectivity index (χ0v) is 21.2. The molecule has 4 rings (SSSR count). The van der Waals surface area contributed by atoms with Crippen LogP contribution in [0.3, 0.4) is 0 Å². The topological polar surface area (TPSA) is 18.5 Å². The van der Waals surface area contributed by atoms with Crippen LogP contribution in [0.4, 0.5) is 13.2 Å². The fourth-order valence-corrected chi connectivity index (χ4v) is 4.70. The Balaban J connectivity index is 1.43. The standard InChI is InChI=1S/C31H35F3O2/c1-3-5-7-9-29-35-19-25(20-36-29)26-16-15-24(18-28(26)32)21-10-12-22(13-11-21)27-17-14-23(8-6-4-2)30(33)31(27)34/h10-18,25,29H,3-9,19-20H2,1-2H3. The van der Waals surface area contributed by atoms with Crippen molar-refractivity contribution < 1.29 is 22.6 Å². The van der Waals surface area contributed by atoms with Crippen LogP contribution in [0.1, 0.15) is 69.4 Å². The third kappa shape index (κ3) is 6.19. The molecule has 0 unspecified atom stereocenters. The van der Waals surface area contributed by atoms with E-state index in [0.29, 0.717) is 36.3 Å². The second-order valence-electron chi connectivity index (χ2n) is 9.61. The lowest BCUT2D eigenvalue weighted by Gasteiger charge is -2.30. The van der Waals surface area contributed by atoms with E-state index < -0.39 is 11.6 Å². The van der Waals surface area contributed by atoms with Gasteiger partial charge in [0.2, 0.25) is 0 Å². The summed E-state index contributed by atoms with van der Waals surface area (Å²) >= 11 is 0. The number of benzene rings is 3. The van der Waals surface area contributed by atoms with Gasteiger partial charge < -0.3 is 9.47 Å². The largest absolute Gasteiger partial charge is 0.352 e. The molecule has 0 aliphatic carbocycles. The van der Waals surface area contributed by atoms with Crippen molar-refractivity contribution in [3.05, 3.63) is 83.2 Å². The van der Waals surface area contributed by atoms with Crippen molar-refractivity contribution in [2.24, 2.45) is 0 Å². The van der Waals surface area contributed by atoms with Crippen molar-refractivity contribution in [1.29, 1.82) is 0 Å². The monoisotopic (exact) mass is 496 g/mol. The van der Waals surface area contributed by atoms with Crippen molar-refractivity contribution in [1.82, 2.24) is 0 Å². The van der Waals surface area contributed by atoms with E-state index in [4.69, 9.17) is 9.47 Å². The summed E-state index contributed by atoms with van der Waals surface area (Å²) in [6.45, 7) is 5.07. The van der Waals surface area contributed by atoms with E-state index >= 15 is 4.39 Å². The number of hydrogen-bond donors (Lipinski definition) is 0. The number of ether oxygens (including phenoxy) is 2. The molecule has 0 bridgehead atoms. The quantitative estimate of drug-likeness (QED) is 0.261. The molecule has 1 aliphatic heterocycles. The highest BCUT2D eigenvalue weighted by Gasteiger charge is 2.25. The summed E-state index contributed by atoms with van der Waals surface area (Å²) in [7, 11) is 0. The maximum absolute atomic E-state index is 15.0. The average molecular weight is 497 g/mol. The lowest BCUT2D eigenvalue weighted by Crippen LogP contribution is -2.31. The molecule has 0 spiro atoms. The Morgan fingerprint density at radius 2 is 1.39 bits per heavy atom. The van der Waals surface area contributed by atoms with E-state index in [-0.39, 0.29) is 23.6 Å². The lowest BCUT2D eigenvalue weighted by atomic mass is 9.94. The molecule has 2 nitrogen and oxygen atoms in total. The van der Waals surface area contributed by atoms with E-state index in [1.807, 2.05) is 13.0 Å². The van der Waals surface area contributed by atoms with Gasteiger partial charge in [0.15, 0.2) is 17.9 Å². The average Bonchev–Trinajstić information content (AvgIpc) is 2.90. The van der Waals surface area contributed by atoms with Gasteiger partial charge in [0, 0.05) is 11.5 Å². The molecule has 192 valence electrons. The van der Waals surface area contributed by atoms with E-state index in [1.54, 1.807) is 42.5 Å². The van der Waals surface area contributed by atoms with Crippen molar-refractivity contribution in [3.8, 4) is 22.3 Å². The van der Waals surface area contributed by atoms with Gasteiger partial charge in [-0.2, -0.15) is 0 Å². The van der Waals surface area contributed by atoms with Crippen LogP contribution in [-0.4, -0.2) is 19.5 Å². The second-order valence-corrected chi connectivity index (χ2v) is 9.61. The maximum Gasteiger partial charge on any atom is 0.166 e. The summed E-state index contributed by atoms with van der Waals surface area (Å²) in [5, 5.41) is 0.